The predicted molar refractivity (Wildman–Crippen MR) is 74.0 cm³/mol. The molecule has 19 heavy (non-hydrogen) atoms. The number of ether oxygens (including phenoxy) is 1. The molecule has 0 saturated heterocycles. The van der Waals surface area contributed by atoms with Crippen LogP contribution in [0.15, 0.2) is 36.1 Å². The van der Waals surface area contributed by atoms with Gasteiger partial charge in [-0.3, -0.25) is 10.5 Å². The van der Waals surface area contributed by atoms with E-state index in [1.54, 1.807) is 0 Å². The lowest BCUT2D eigenvalue weighted by molar-refractivity contribution is 0.167. The van der Waals surface area contributed by atoms with Gasteiger partial charge in [-0.05, 0) is 25.0 Å². The standard InChI is InChI=1S/C14H18N4O/c1-18-11-7-3-2-6-10(11)13(17-18)14(16-15)12-8-4-5-9-19-12/h2-3,6-8,14,16H,4-5,9,15H2,1H3. The van der Waals surface area contributed by atoms with Gasteiger partial charge in [0, 0.05) is 12.4 Å². The Balaban J connectivity index is 2.08. The molecule has 0 amide bonds. The van der Waals surface area contributed by atoms with Gasteiger partial charge in [0.15, 0.2) is 0 Å². The van der Waals surface area contributed by atoms with Crippen molar-refractivity contribution in [2.24, 2.45) is 12.9 Å². The van der Waals surface area contributed by atoms with Crippen LogP contribution in [0.5, 0.6) is 0 Å². The minimum absolute atomic E-state index is 0.189. The molecular weight excluding hydrogens is 240 g/mol. The fourth-order valence-corrected chi connectivity index (χ4v) is 2.53. The van der Waals surface area contributed by atoms with E-state index in [1.807, 2.05) is 23.9 Å². The van der Waals surface area contributed by atoms with Crippen molar-refractivity contribution in [3.63, 3.8) is 0 Å². The third kappa shape index (κ3) is 2.11. The first-order valence-electron chi connectivity index (χ1n) is 6.52. The van der Waals surface area contributed by atoms with Gasteiger partial charge in [0.05, 0.1) is 17.8 Å². The highest BCUT2D eigenvalue weighted by atomic mass is 16.5. The smallest absolute Gasteiger partial charge is 0.122 e. The Bertz CT molecular complexity index is 617. The lowest BCUT2D eigenvalue weighted by atomic mass is 10.1. The highest BCUT2D eigenvalue weighted by molar-refractivity contribution is 5.82. The second kappa shape index (κ2) is 5.03. The van der Waals surface area contributed by atoms with Gasteiger partial charge in [0.25, 0.3) is 0 Å². The average molecular weight is 258 g/mol. The number of nitrogens with one attached hydrogen (secondary N) is 1. The number of para-hydroxylation sites is 1. The maximum absolute atomic E-state index is 5.72. The van der Waals surface area contributed by atoms with E-state index in [0.29, 0.717) is 0 Å². The molecule has 1 aliphatic heterocycles. The van der Waals surface area contributed by atoms with Crippen molar-refractivity contribution < 1.29 is 4.74 Å². The number of allylic oxidation sites excluding steroid dienone is 1. The minimum Gasteiger partial charge on any atom is -0.496 e. The summed E-state index contributed by atoms with van der Waals surface area (Å²) in [6.07, 6.45) is 4.18. The zero-order valence-corrected chi connectivity index (χ0v) is 11.0. The molecule has 100 valence electrons. The van der Waals surface area contributed by atoms with Gasteiger partial charge in [-0.25, -0.2) is 5.43 Å². The monoisotopic (exact) mass is 258 g/mol. The molecule has 5 heteroatoms. The summed E-state index contributed by atoms with van der Waals surface area (Å²) in [5.74, 6) is 6.59. The Morgan fingerprint density at radius 2 is 2.26 bits per heavy atom. The molecule has 1 aromatic heterocycles. The molecule has 3 N–H and O–H groups in total. The quantitative estimate of drug-likeness (QED) is 0.650. The van der Waals surface area contributed by atoms with Gasteiger partial charge in [0.1, 0.15) is 11.8 Å². The van der Waals surface area contributed by atoms with E-state index >= 15 is 0 Å². The Morgan fingerprint density at radius 3 is 3.00 bits per heavy atom. The molecular formula is C14H18N4O. The van der Waals surface area contributed by atoms with Crippen LogP contribution in [-0.2, 0) is 11.8 Å². The normalized spacial score (nSPS) is 17.1. The van der Waals surface area contributed by atoms with E-state index in [2.05, 4.69) is 28.7 Å². The van der Waals surface area contributed by atoms with Crippen LogP contribution in [0.4, 0.5) is 0 Å². The van der Waals surface area contributed by atoms with Gasteiger partial charge in [0.2, 0.25) is 0 Å². The minimum atomic E-state index is -0.189. The molecule has 0 aliphatic carbocycles. The van der Waals surface area contributed by atoms with Gasteiger partial charge < -0.3 is 4.74 Å². The van der Waals surface area contributed by atoms with Gasteiger partial charge in [-0.15, -0.1) is 0 Å². The second-order valence-electron chi connectivity index (χ2n) is 4.72. The van der Waals surface area contributed by atoms with Gasteiger partial charge in [-0.2, -0.15) is 5.10 Å². The molecule has 0 radical (unpaired) electrons. The molecule has 2 heterocycles. The number of aromatic nitrogens is 2. The predicted octanol–water partition coefficient (Wildman–Crippen LogP) is 1.77. The number of hydrogen-bond acceptors (Lipinski definition) is 4. The second-order valence-corrected chi connectivity index (χ2v) is 4.72. The fraction of sp³-hybridized carbons (Fsp3) is 0.357. The van der Waals surface area contributed by atoms with Crippen molar-refractivity contribution in [1.82, 2.24) is 15.2 Å². The lowest BCUT2D eigenvalue weighted by Gasteiger charge is -2.22. The first-order valence-corrected chi connectivity index (χ1v) is 6.52. The molecule has 1 aliphatic rings. The number of nitrogens with two attached hydrogens (primary N) is 1. The third-order valence-corrected chi connectivity index (χ3v) is 3.47. The highest BCUT2D eigenvalue weighted by Gasteiger charge is 2.23. The van der Waals surface area contributed by atoms with Gasteiger partial charge in [-0.1, -0.05) is 18.2 Å². The number of fused-ring (bicyclic) bond motifs is 1. The highest BCUT2D eigenvalue weighted by Crippen LogP contribution is 2.29. The molecule has 1 aromatic carbocycles. The van der Waals surface area contributed by atoms with Crippen molar-refractivity contribution >= 4 is 10.9 Å². The van der Waals surface area contributed by atoms with E-state index in [1.165, 1.54) is 0 Å². The first-order chi connectivity index (χ1) is 9.31. The zero-order valence-electron chi connectivity index (χ0n) is 11.0. The van der Waals surface area contributed by atoms with E-state index < -0.39 is 0 Å². The van der Waals surface area contributed by atoms with Crippen LogP contribution < -0.4 is 11.3 Å². The number of benzene rings is 1. The van der Waals surface area contributed by atoms with E-state index in [0.717, 1.165) is 41.8 Å². The first kappa shape index (κ1) is 12.2. The summed E-state index contributed by atoms with van der Waals surface area (Å²) in [5, 5.41) is 5.69. The Morgan fingerprint density at radius 1 is 1.42 bits per heavy atom. The summed E-state index contributed by atoms with van der Waals surface area (Å²) in [5.41, 5.74) is 4.83. The summed E-state index contributed by atoms with van der Waals surface area (Å²) in [7, 11) is 1.94. The summed E-state index contributed by atoms with van der Waals surface area (Å²) < 4.78 is 7.59. The molecule has 3 rings (SSSR count). The van der Waals surface area contributed by atoms with Crippen molar-refractivity contribution in [1.29, 1.82) is 0 Å². The summed E-state index contributed by atoms with van der Waals surface area (Å²) in [6.45, 7) is 0.745. The van der Waals surface area contributed by atoms with E-state index in [-0.39, 0.29) is 6.04 Å². The number of hydrogen-bond donors (Lipinski definition) is 2. The molecule has 2 aromatic rings. The average Bonchev–Trinajstić information content (AvgIpc) is 2.79. The van der Waals surface area contributed by atoms with Crippen LogP contribution in [0.2, 0.25) is 0 Å². The van der Waals surface area contributed by atoms with Crippen molar-refractivity contribution in [3.8, 4) is 0 Å². The van der Waals surface area contributed by atoms with Gasteiger partial charge >= 0.3 is 0 Å². The number of rotatable bonds is 3. The number of nitrogens with zero attached hydrogens (tertiary/aromatic N) is 2. The Kier molecular flexibility index (Phi) is 3.23. The number of aryl methyl sites for hydroxylation is 1. The van der Waals surface area contributed by atoms with Crippen LogP contribution in [0.25, 0.3) is 10.9 Å². The van der Waals surface area contributed by atoms with Crippen LogP contribution in [0.1, 0.15) is 24.6 Å². The maximum atomic E-state index is 5.72. The molecule has 1 unspecified atom stereocenters. The maximum Gasteiger partial charge on any atom is 0.122 e. The SMILES string of the molecule is Cn1nc(C(NN)C2=CCCCO2)c2ccccc21. The molecule has 1 atom stereocenters. The number of hydrazine groups is 1. The van der Waals surface area contributed by atoms with Crippen molar-refractivity contribution in [2.45, 2.75) is 18.9 Å². The zero-order chi connectivity index (χ0) is 13.2. The molecule has 0 fully saturated rings. The molecule has 5 nitrogen and oxygen atoms in total. The summed E-state index contributed by atoms with van der Waals surface area (Å²) in [4.78, 5) is 0. The summed E-state index contributed by atoms with van der Waals surface area (Å²) in [6, 6.07) is 7.94. The molecule has 0 saturated carbocycles. The largest absolute Gasteiger partial charge is 0.496 e. The third-order valence-electron chi connectivity index (χ3n) is 3.47. The Hall–Kier alpha value is -1.85. The van der Waals surface area contributed by atoms with E-state index in [4.69, 9.17) is 10.6 Å². The van der Waals surface area contributed by atoms with Crippen molar-refractivity contribution in [3.05, 3.63) is 41.8 Å². The molecule has 0 bridgehead atoms. The Labute approximate surface area is 112 Å². The van der Waals surface area contributed by atoms with Crippen LogP contribution in [0, 0.1) is 0 Å². The molecule has 0 spiro atoms. The van der Waals surface area contributed by atoms with Crippen LogP contribution >= 0.6 is 0 Å². The van der Waals surface area contributed by atoms with Crippen molar-refractivity contribution in [2.75, 3.05) is 6.61 Å². The van der Waals surface area contributed by atoms with E-state index in [9.17, 15) is 0 Å². The lowest BCUT2D eigenvalue weighted by Crippen LogP contribution is -2.31. The fourth-order valence-electron chi connectivity index (χ4n) is 2.53. The van der Waals surface area contributed by atoms with Crippen LogP contribution in [0.3, 0.4) is 0 Å². The topological polar surface area (TPSA) is 65.1 Å². The summed E-state index contributed by atoms with van der Waals surface area (Å²) >= 11 is 0. The van der Waals surface area contributed by atoms with Crippen LogP contribution in [-0.4, -0.2) is 16.4 Å².